The van der Waals surface area contributed by atoms with Gasteiger partial charge in [0.1, 0.15) is 5.82 Å². The molecule has 0 spiro atoms. The van der Waals surface area contributed by atoms with Crippen LogP contribution in [-0.2, 0) is 11.3 Å². The van der Waals surface area contributed by atoms with E-state index in [-0.39, 0.29) is 11.4 Å². The molecule has 0 aromatic heterocycles. The zero-order valence-corrected chi connectivity index (χ0v) is 10.1. The lowest BCUT2D eigenvalue weighted by Crippen LogP contribution is -2.58. The average molecular weight is 274 g/mol. The van der Waals surface area contributed by atoms with Crippen molar-refractivity contribution >= 4 is 15.9 Å². The molecule has 1 N–H and O–H groups in total. The number of hydrogen-bond donors (Lipinski definition) is 1. The van der Waals surface area contributed by atoms with Crippen molar-refractivity contribution in [1.29, 1.82) is 0 Å². The Hall–Kier alpha value is -0.450. The molecule has 1 aliphatic heterocycles. The maximum Gasteiger partial charge on any atom is 0.129 e. The zero-order chi connectivity index (χ0) is 10.9. The molecule has 1 fully saturated rings. The highest BCUT2D eigenvalue weighted by Crippen LogP contribution is 2.20. The molecule has 2 nitrogen and oxygen atoms in total. The molecule has 0 saturated carbocycles. The normalized spacial score (nSPS) is 18.6. The SMILES string of the molecule is CC1(OCc2ccc(Br)cc2F)CNC1. The van der Waals surface area contributed by atoms with Gasteiger partial charge in [0.25, 0.3) is 0 Å². The lowest BCUT2D eigenvalue weighted by molar-refractivity contribution is -0.0775. The first-order valence-electron chi connectivity index (χ1n) is 4.88. The standard InChI is InChI=1S/C11H13BrFNO/c1-11(6-14-7-11)15-5-8-2-3-9(12)4-10(8)13/h2-4,14H,5-7H2,1H3. The maximum atomic E-state index is 13.4. The number of nitrogens with one attached hydrogen (secondary N) is 1. The first kappa shape index (κ1) is 11.0. The third-order valence-corrected chi connectivity index (χ3v) is 3.08. The van der Waals surface area contributed by atoms with Gasteiger partial charge in [-0.05, 0) is 19.1 Å². The molecule has 0 bridgehead atoms. The van der Waals surface area contributed by atoms with E-state index in [1.807, 2.05) is 13.0 Å². The molecule has 0 radical (unpaired) electrons. The Bertz CT molecular complexity index is 366. The molecular formula is C11H13BrFNO. The van der Waals surface area contributed by atoms with Gasteiger partial charge >= 0.3 is 0 Å². The highest BCUT2D eigenvalue weighted by molar-refractivity contribution is 9.10. The molecule has 1 saturated heterocycles. The zero-order valence-electron chi connectivity index (χ0n) is 8.52. The predicted octanol–water partition coefficient (Wildman–Crippen LogP) is 2.47. The molecule has 82 valence electrons. The number of hydrogen-bond acceptors (Lipinski definition) is 2. The summed E-state index contributed by atoms with van der Waals surface area (Å²) >= 11 is 3.22. The number of benzene rings is 1. The molecule has 4 heteroatoms. The van der Waals surface area contributed by atoms with Gasteiger partial charge in [0.2, 0.25) is 0 Å². The number of rotatable bonds is 3. The second-order valence-electron chi connectivity index (χ2n) is 4.08. The average Bonchev–Trinajstić information content (AvgIpc) is 2.14. The minimum atomic E-state index is -0.222. The molecule has 0 atom stereocenters. The van der Waals surface area contributed by atoms with Crippen molar-refractivity contribution in [2.75, 3.05) is 13.1 Å². The molecule has 2 rings (SSSR count). The van der Waals surface area contributed by atoms with Crippen molar-refractivity contribution in [3.63, 3.8) is 0 Å². The van der Waals surface area contributed by atoms with E-state index in [0.29, 0.717) is 12.2 Å². The fourth-order valence-electron chi connectivity index (χ4n) is 1.47. The Labute approximate surface area is 96.9 Å². The van der Waals surface area contributed by atoms with E-state index in [2.05, 4.69) is 21.2 Å². The van der Waals surface area contributed by atoms with Crippen LogP contribution in [0.5, 0.6) is 0 Å². The highest BCUT2D eigenvalue weighted by Gasteiger charge is 2.32. The van der Waals surface area contributed by atoms with Crippen molar-refractivity contribution in [1.82, 2.24) is 5.32 Å². The largest absolute Gasteiger partial charge is 0.368 e. The lowest BCUT2D eigenvalue weighted by Gasteiger charge is -2.39. The first-order chi connectivity index (χ1) is 7.09. The Balaban J connectivity index is 1.98. The highest BCUT2D eigenvalue weighted by atomic mass is 79.9. The lowest BCUT2D eigenvalue weighted by atomic mass is 10.00. The summed E-state index contributed by atoms with van der Waals surface area (Å²) in [6.45, 7) is 4.04. The molecular weight excluding hydrogens is 261 g/mol. The third kappa shape index (κ3) is 2.56. The number of ether oxygens (including phenoxy) is 1. The van der Waals surface area contributed by atoms with Crippen LogP contribution in [0, 0.1) is 5.82 Å². The van der Waals surface area contributed by atoms with E-state index in [4.69, 9.17) is 4.74 Å². The Morgan fingerprint density at radius 2 is 2.27 bits per heavy atom. The molecule has 1 aliphatic rings. The third-order valence-electron chi connectivity index (χ3n) is 2.59. The summed E-state index contributed by atoms with van der Waals surface area (Å²) in [4.78, 5) is 0. The number of halogens is 2. The fourth-order valence-corrected chi connectivity index (χ4v) is 1.80. The van der Waals surface area contributed by atoms with Crippen molar-refractivity contribution < 1.29 is 9.13 Å². The van der Waals surface area contributed by atoms with Gasteiger partial charge in [0.05, 0.1) is 12.2 Å². The van der Waals surface area contributed by atoms with Crippen LogP contribution < -0.4 is 5.32 Å². The summed E-state index contributed by atoms with van der Waals surface area (Å²) in [6.07, 6.45) is 0. The molecule has 0 unspecified atom stereocenters. The summed E-state index contributed by atoms with van der Waals surface area (Å²) in [5, 5.41) is 3.14. The van der Waals surface area contributed by atoms with Gasteiger partial charge in [-0.25, -0.2) is 4.39 Å². The molecule has 0 aliphatic carbocycles. The van der Waals surface area contributed by atoms with Crippen molar-refractivity contribution in [3.8, 4) is 0 Å². The van der Waals surface area contributed by atoms with Gasteiger partial charge in [-0.1, -0.05) is 22.0 Å². The minimum absolute atomic E-state index is 0.125. The Morgan fingerprint density at radius 1 is 1.53 bits per heavy atom. The van der Waals surface area contributed by atoms with Crippen LogP contribution in [0.2, 0.25) is 0 Å². The van der Waals surface area contributed by atoms with Crippen LogP contribution in [0.25, 0.3) is 0 Å². The quantitative estimate of drug-likeness (QED) is 0.914. The topological polar surface area (TPSA) is 21.3 Å². The first-order valence-corrected chi connectivity index (χ1v) is 5.67. The van der Waals surface area contributed by atoms with Crippen LogP contribution in [0.15, 0.2) is 22.7 Å². The van der Waals surface area contributed by atoms with Gasteiger partial charge in [-0.2, -0.15) is 0 Å². The monoisotopic (exact) mass is 273 g/mol. The van der Waals surface area contributed by atoms with Crippen molar-refractivity contribution in [3.05, 3.63) is 34.1 Å². The second-order valence-corrected chi connectivity index (χ2v) is 4.99. The summed E-state index contributed by atoms with van der Waals surface area (Å²) in [7, 11) is 0. The van der Waals surface area contributed by atoms with E-state index in [9.17, 15) is 4.39 Å². The molecule has 1 aromatic rings. The Morgan fingerprint density at radius 3 is 2.80 bits per heavy atom. The van der Waals surface area contributed by atoms with Crippen LogP contribution >= 0.6 is 15.9 Å². The minimum Gasteiger partial charge on any atom is -0.368 e. The fraction of sp³-hybridized carbons (Fsp3) is 0.455. The van der Waals surface area contributed by atoms with E-state index in [0.717, 1.165) is 17.6 Å². The van der Waals surface area contributed by atoms with Crippen LogP contribution in [0.3, 0.4) is 0 Å². The van der Waals surface area contributed by atoms with E-state index in [1.165, 1.54) is 6.07 Å². The van der Waals surface area contributed by atoms with Gasteiger partial charge in [0.15, 0.2) is 0 Å². The Kier molecular flexibility index (Phi) is 3.09. The van der Waals surface area contributed by atoms with Gasteiger partial charge < -0.3 is 10.1 Å². The second kappa shape index (κ2) is 4.20. The van der Waals surface area contributed by atoms with Crippen molar-refractivity contribution in [2.24, 2.45) is 0 Å². The van der Waals surface area contributed by atoms with E-state index >= 15 is 0 Å². The summed E-state index contributed by atoms with van der Waals surface area (Å²) in [5.41, 5.74) is 0.478. The summed E-state index contributed by atoms with van der Waals surface area (Å²) in [5.74, 6) is -0.222. The van der Waals surface area contributed by atoms with Gasteiger partial charge in [0, 0.05) is 23.1 Å². The predicted molar refractivity (Wildman–Crippen MR) is 60.2 cm³/mol. The van der Waals surface area contributed by atoms with Gasteiger partial charge in [-0.15, -0.1) is 0 Å². The summed E-state index contributed by atoms with van der Waals surface area (Å²) < 4.78 is 19.8. The molecule has 15 heavy (non-hydrogen) atoms. The van der Waals surface area contributed by atoms with Gasteiger partial charge in [-0.3, -0.25) is 0 Å². The smallest absolute Gasteiger partial charge is 0.129 e. The van der Waals surface area contributed by atoms with Crippen LogP contribution in [-0.4, -0.2) is 18.7 Å². The molecule has 1 aromatic carbocycles. The molecule has 1 heterocycles. The van der Waals surface area contributed by atoms with Crippen LogP contribution in [0.4, 0.5) is 4.39 Å². The van der Waals surface area contributed by atoms with E-state index < -0.39 is 0 Å². The molecule has 0 amide bonds. The van der Waals surface area contributed by atoms with Crippen molar-refractivity contribution in [2.45, 2.75) is 19.1 Å². The van der Waals surface area contributed by atoms with E-state index in [1.54, 1.807) is 6.07 Å². The maximum absolute atomic E-state index is 13.4. The van der Waals surface area contributed by atoms with Crippen LogP contribution in [0.1, 0.15) is 12.5 Å². The summed E-state index contributed by atoms with van der Waals surface area (Å²) in [6, 6.07) is 5.03.